The molecule has 0 bridgehead atoms. The van der Waals surface area contributed by atoms with Crippen LogP contribution in [0.2, 0.25) is 0 Å². The van der Waals surface area contributed by atoms with Gasteiger partial charge in [0, 0.05) is 19.3 Å². The molecule has 0 rings (SSSR count). The van der Waals surface area contributed by atoms with Crippen molar-refractivity contribution >= 4 is 17.9 Å². The predicted octanol–water partition coefficient (Wildman–Crippen LogP) is 17.6. The highest BCUT2D eigenvalue weighted by Crippen LogP contribution is 2.14. The third kappa shape index (κ3) is 50.0. The maximum atomic E-state index is 12.8. The minimum atomic E-state index is -0.789. The van der Waals surface area contributed by atoms with Crippen molar-refractivity contribution in [2.24, 2.45) is 0 Å². The van der Waals surface area contributed by atoms with E-state index in [1.54, 1.807) is 0 Å². The van der Waals surface area contributed by atoms with Crippen molar-refractivity contribution in [3.05, 3.63) is 60.8 Å². The minimum absolute atomic E-state index is 0.0882. The van der Waals surface area contributed by atoms with Crippen LogP contribution in [-0.2, 0) is 28.6 Å². The van der Waals surface area contributed by atoms with Crippen molar-refractivity contribution in [2.75, 3.05) is 13.2 Å². The number of hydrogen-bond acceptors (Lipinski definition) is 6. The van der Waals surface area contributed by atoms with Gasteiger partial charge in [-0.25, -0.2) is 0 Å². The lowest BCUT2D eigenvalue weighted by atomic mass is 10.1. The Morgan fingerprint density at radius 1 is 0.349 bits per heavy atom. The number of ether oxygens (including phenoxy) is 3. The van der Waals surface area contributed by atoms with Gasteiger partial charge in [-0.05, 0) is 96.3 Å². The fourth-order valence-electron chi connectivity index (χ4n) is 7.47. The van der Waals surface area contributed by atoms with Crippen LogP contribution in [0.25, 0.3) is 0 Å². The van der Waals surface area contributed by atoms with Crippen LogP contribution in [-0.4, -0.2) is 37.2 Å². The predicted molar refractivity (Wildman–Crippen MR) is 270 cm³/mol. The van der Waals surface area contributed by atoms with Crippen LogP contribution in [0.5, 0.6) is 0 Å². The molecular formula is C57H100O6. The first-order chi connectivity index (χ1) is 31.0. The molecule has 0 saturated heterocycles. The van der Waals surface area contributed by atoms with Crippen LogP contribution >= 0.6 is 0 Å². The lowest BCUT2D eigenvalue weighted by molar-refractivity contribution is -0.167. The van der Waals surface area contributed by atoms with Crippen LogP contribution < -0.4 is 0 Å². The number of carbonyl (C=O) groups excluding carboxylic acids is 3. The SMILES string of the molecule is CC/C=C\C/C=C\CCCCCCCCCC(=O)OCC(COC(=O)CCCCC/C=C\C=C/CCCCCCCCC)OC(=O)CCCCCCCCC/C=C\CCCCCC. The Morgan fingerprint density at radius 3 is 1.10 bits per heavy atom. The zero-order chi connectivity index (χ0) is 45.8. The second-order valence-corrected chi connectivity index (χ2v) is 17.8. The van der Waals surface area contributed by atoms with Gasteiger partial charge in [-0.3, -0.25) is 14.4 Å². The van der Waals surface area contributed by atoms with E-state index in [1.807, 2.05) is 0 Å². The van der Waals surface area contributed by atoms with Crippen molar-refractivity contribution < 1.29 is 28.6 Å². The molecule has 1 unspecified atom stereocenters. The summed E-state index contributed by atoms with van der Waals surface area (Å²) in [7, 11) is 0. The van der Waals surface area contributed by atoms with Crippen LogP contribution in [0.15, 0.2) is 60.8 Å². The number of esters is 3. The summed E-state index contributed by atoms with van der Waals surface area (Å²) in [6, 6.07) is 0. The normalized spacial score (nSPS) is 12.5. The van der Waals surface area contributed by atoms with Crippen molar-refractivity contribution in [3.8, 4) is 0 Å². The largest absolute Gasteiger partial charge is 0.462 e. The molecule has 0 saturated carbocycles. The molecule has 0 heterocycles. The van der Waals surface area contributed by atoms with E-state index in [2.05, 4.69) is 81.5 Å². The second-order valence-electron chi connectivity index (χ2n) is 17.8. The first-order valence-electron chi connectivity index (χ1n) is 26.8. The summed E-state index contributed by atoms with van der Waals surface area (Å²) >= 11 is 0. The molecule has 0 amide bonds. The van der Waals surface area contributed by atoms with E-state index < -0.39 is 6.10 Å². The van der Waals surface area contributed by atoms with Gasteiger partial charge in [0.1, 0.15) is 13.2 Å². The molecule has 0 fully saturated rings. The van der Waals surface area contributed by atoms with Crippen LogP contribution in [0.4, 0.5) is 0 Å². The standard InChI is InChI=1S/C57H100O6/c1-4-7-10-13-16-19-22-25-28-30-32-35-38-41-44-47-50-56(59)62-53-54(52-61-55(58)49-46-43-40-37-34-31-27-24-21-18-15-12-9-6-3)63-57(60)51-48-45-42-39-36-33-29-26-23-20-17-14-11-8-5-2/h9,12,18,20-21,23,28,30,32,35,54H,4-8,10-11,13-17,19,22,24-27,29,31,33-34,36-53H2,1-3H3/b12-9-,21-18-,23-20-,30-28-,35-32-. The third-order valence-electron chi connectivity index (χ3n) is 11.5. The Morgan fingerprint density at radius 2 is 0.667 bits per heavy atom. The Hall–Kier alpha value is -2.89. The Bertz CT molecular complexity index is 1150. The number of allylic oxidation sites excluding steroid dienone is 10. The van der Waals surface area contributed by atoms with E-state index in [1.165, 1.54) is 135 Å². The molecule has 6 heteroatoms. The molecule has 0 aromatic carbocycles. The van der Waals surface area contributed by atoms with Gasteiger partial charge >= 0.3 is 17.9 Å². The van der Waals surface area contributed by atoms with Crippen molar-refractivity contribution in [2.45, 2.75) is 271 Å². The number of unbranched alkanes of at least 4 members (excludes halogenated alkanes) is 28. The highest BCUT2D eigenvalue weighted by Gasteiger charge is 2.19. The fraction of sp³-hybridized carbons (Fsp3) is 0.772. The zero-order valence-electron chi connectivity index (χ0n) is 41.6. The maximum absolute atomic E-state index is 12.8. The van der Waals surface area contributed by atoms with Crippen molar-refractivity contribution in [1.82, 2.24) is 0 Å². The molecule has 364 valence electrons. The first kappa shape index (κ1) is 60.1. The molecule has 0 spiro atoms. The van der Waals surface area contributed by atoms with E-state index >= 15 is 0 Å². The number of hydrogen-bond donors (Lipinski definition) is 0. The summed E-state index contributed by atoms with van der Waals surface area (Å²) in [6.45, 7) is 6.49. The lowest BCUT2D eigenvalue weighted by Gasteiger charge is -2.18. The Labute approximate surface area is 390 Å². The van der Waals surface area contributed by atoms with Crippen LogP contribution in [0.1, 0.15) is 265 Å². The highest BCUT2D eigenvalue weighted by molar-refractivity contribution is 5.71. The molecule has 63 heavy (non-hydrogen) atoms. The maximum Gasteiger partial charge on any atom is 0.306 e. The molecule has 0 aromatic rings. The van der Waals surface area contributed by atoms with E-state index in [4.69, 9.17) is 14.2 Å². The molecular weight excluding hydrogens is 781 g/mol. The van der Waals surface area contributed by atoms with Crippen molar-refractivity contribution in [3.63, 3.8) is 0 Å². The van der Waals surface area contributed by atoms with Crippen LogP contribution in [0.3, 0.4) is 0 Å². The summed E-state index contributed by atoms with van der Waals surface area (Å²) < 4.78 is 16.8. The molecule has 0 aromatic heterocycles. The average Bonchev–Trinajstić information content (AvgIpc) is 3.28. The quantitative estimate of drug-likeness (QED) is 0.0199. The monoisotopic (exact) mass is 881 g/mol. The first-order valence-corrected chi connectivity index (χ1v) is 26.8. The zero-order valence-corrected chi connectivity index (χ0v) is 41.6. The van der Waals surface area contributed by atoms with E-state index in [9.17, 15) is 14.4 Å². The number of rotatable bonds is 48. The topological polar surface area (TPSA) is 78.9 Å². The average molecular weight is 881 g/mol. The Kier molecular flexibility index (Phi) is 49.4. The lowest BCUT2D eigenvalue weighted by Crippen LogP contribution is -2.30. The third-order valence-corrected chi connectivity index (χ3v) is 11.5. The molecule has 1 atom stereocenters. The molecule has 0 N–H and O–H groups in total. The summed E-state index contributed by atoms with van der Waals surface area (Å²) in [5.41, 5.74) is 0. The van der Waals surface area contributed by atoms with E-state index in [-0.39, 0.29) is 31.1 Å². The van der Waals surface area contributed by atoms with E-state index in [0.717, 1.165) is 89.9 Å². The smallest absolute Gasteiger partial charge is 0.306 e. The van der Waals surface area contributed by atoms with Crippen LogP contribution in [0, 0.1) is 0 Å². The minimum Gasteiger partial charge on any atom is -0.462 e. The van der Waals surface area contributed by atoms with Gasteiger partial charge in [-0.2, -0.15) is 0 Å². The Balaban J connectivity index is 4.43. The van der Waals surface area contributed by atoms with Gasteiger partial charge in [0.25, 0.3) is 0 Å². The molecule has 0 aliphatic heterocycles. The molecule has 6 nitrogen and oxygen atoms in total. The summed E-state index contributed by atoms with van der Waals surface area (Å²) in [6.07, 6.45) is 63.5. The van der Waals surface area contributed by atoms with Gasteiger partial charge in [0.15, 0.2) is 6.10 Å². The fourth-order valence-corrected chi connectivity index (χ4v) is 7.47. The highest BCUT2D eigenvalue weighted by atomic mass is 16.6. The summed E-state index contributed by atoms with van der Waals surface area (Å²) in [5, 5.41) is 0. The molecule has 0 radical (unpaired) electrons. The van der Waals surface area contributed by atoms with Gasteiger partial charge in [-0.15, -0.1) is 0 Å². The summed E-state index contributed by atoms with van der Waals surface area (Å²) in [5.74, 6) is -0.922. The second kappa shape index (κ2) is 51.7. The van der Waals surface area contributed by atoms with Gasteiger partial charge in [0.05, 0.1) is 0 Å². The summed E-state index contributed by atoms with van der Waals surface area (Å²) in [4.78, 5) is 38.0. The van der Waals surface area contributed by atoms with Gasteiger partial charge in [0.2, 0.25) is 0 Å². The molecule has 0 aliphatic rings. The van der Waals surface area contributed by atoms with E-state index in [0.29, 0.717) is 19.3 Å². The van der Waals surface area contributed by atoms with Crippen molar-refractivity contribution in [1.29, 1.82) is 0 Å². The van der Waals surface area contributed by atoms with Gasteiger partial charge < -0.3 is 14.2 Å². The van der Waals surface area contributed by atoms with Gasteiger partial charge in [-0.1, -0.05) is 210 Å². The molecule has 0 aliphatic carbocycles. The number of carbonyl (C=O) groups is 3.